The molecule has 13 nitrogen and oxygen atoms in total. The number of benzene rings is 3. The molecule has 0 radical (unpaired) electrons. The molecule has 5 N–H and O–H groups in total. The van der Waals surface area contributed by atoms with Crippen LogP contribution in [0.4, 0.5) is 60.4 Å². The summed E-state index contributed by atoms with van der Waals surface area (Å²) >= 11 is 0. The molecule has 0 aliphatic carbocycles. The maximum absolute atomic E-state index is 15.2. The Kier molecular flexibility index (Phi) is 12.2. The highest BCUT2D eigenvalue weighted by Crippen LogP contribution is 2.33. The number of amides is 4. The van der Waals surface area contributed by atoms with Gasteiger partial charge in [0.2, 0.25) is 11.9 Å². The number of nitrogens with zero attached hydrogens (tertiary/aromatic N) is 3. The normalized spacial score (nSPS) is 11.7. The van der Waals surface area contributed by atoms with Crippen molar-refractivity contribution in [3.63, 3.8) is 0 Å². The van der Waals surface area contributed by atoms with E-state index in [1.165, 1.54) is 37.4 Å². The minimum Gasteiger partial charge on any atom is -0.448 e. The molecular formula is C31H29F5N8O5S. The predicted octanol–water partition coefficient (Wildman–Crippen LogP) is 6.56. The number of thiol groups is 1. The molecule has 1 heterocycles. The fourth-order valence-corrected chi connectivity index (χ4v) is 4.88. The highest BCUT2D eigenvalue weighted by molar-refractivity contribution is 7.75. The predicted molar refractivity (Wildman–Crippen MR) is 176 cm³/mol. The molecule has 0 saturated heterocycles. The van der Waals surface area contributed by atoms with Crippen LogP contribution in [0.25, 0.3) is 11.1 Å². The lowest BCUT2D eigenvalue weighted by Crippen LogP contribution is -2.26. The summed E-state index contributed by atoms with van der Waals surface area (Å²) in [5.41, 5.74) is -1.26. The first kappa shape index (κ1) is 37.0. The molecule has 1 aromatic heterocycles. The lowest BCUT2D eigenvalue weighted by atomic mass is 10.1. The van der Waals surface area contributed by atoms with Crippen LogP contribution >= 0.6 is 0 Å². The van der Waals surface area contributed by atoms with E-state index in [0.29, 0.717) is 29.4 Å². The van der Waals surface area contributed by atoms with E-state index >= 15 is 4.39 Å². The maximum Gasteiger partial charge on any atom is 0.441 e. The molecule has 0 bridgehead atoms. The third-order valence-electron chi connectivity index (χ3n) is 6.43. The first-order chi connectivity index (χ1) is 23.7. The number of hydrogen-bond acceptors (Lipinski definition) is 9. The van der Waals surface area contributed by atoms with Crippen molar-refractivity contribution >= 4 is 57.5 Å². The summed E-state index contributed by atoms with van der Waals surface area (Å²) in [6.45, 7) is 3.46. The van der Waals surface area contributed by atoms with Gasteiger partial charge in [-0.15, -0.1) is 4.36 Å². The zero-order chi connectivity index (χ0) is 36.4. The van der Waals surface area contributed by atoms with Gasteiger partial charge in [0.05, 0.1) is 34.1 Å². The number of halogens is 5. The monoisotopic (exact) mass is 720 g/mol. The number of anilines is 5. The van der Waals surface area contributed by atoms with Crippen LogP contribution < -0.4 is 26.6 Å². The molecule has 0 saturated carbocycles. The number of hydrogen-bond donors (Lipinski definition) is 6. The van der Waals surface area contributed by atoms with Crippen LogP contribution in [-0.4, -0.2) is 51.9 Å². The number of rotatable bonds is 11. The van der Waals surface area contributed by atoms with Crippen molar-refractivity contribution in [2.75, 3.05) is 41.0 Å². The second kappa shape index (κ2) is 16.5. The molecule has 3 aromatic carbocycles. The Morgan fingerprint density at radius 3 is 2.30 bits per heavy atom. The number of alkyl halides is 3. The zero-order valence-corrected chi connectivity index (χ0v) is 27.1. The van der Waals surface area contributed by atoms with Crippen LogP contribution in [0.2, 0.25) is 0 Å². The minimum absolute atomic E-state index is 0.0891. The van der Waals surface area contributed by atoms with Crippen molar-refractivity contribution in [3.05, 3.63) is 84.1 Å². The van der Waals surface area contributed by atoms with Crippen LogP contribution in [0, 0.1) is 11.6 Å². The summed E-state index contributed by atoms with van der Waals surface area (Å²) in [7, 11) is -2.38. The number of ether oxygens (including phenoxy) is 1. The molecule has 50 heavy (non-hydrogen) atoms. The van der Waals surface area contributed by atoms with Crippen molar-refractivity contribution in [3.8, 4) is 11.1 Å². The minimum atomic E-state index is -4.78. The highest BCUT2D eigenvalue weighted by atomic mass is 32.2. The Labute approximate surface area is 283 Å². The van der Waals surface area contributed by atoms with Gasteiger partial charge in [-0.25, -0.2) is 27.6 Å². The smallest absolute Gasteiger partial charge is 0.441 e. The molecule has 1 unspecified atom stereocenters. The highest BCUT2D eigenvalue weighted by Gasteiger charge is 2.31. The summed E-state index contributed by atoms with van der Waals surface area (Å²) in [6, 6.07) is 10.0. The van der Waals surface area contributed by atoms with E-state index in [1.54, 1.807) is 19.1 Å². The van der Waals surface area contributed by atoms with Gasteiger partial charge in [0.25, 0.3) is 0 Å². The third-order valence-corrected chi connectivity index (χ3v) is 7.52. The van der Waals surface area contributed by atoms with E-state index in [4.69, 9.17) is 0 Å². The number of aromatic nitrogens is 2. The quantitative estimate of drug-likeness (QED) is 0.0570. The Balaban J connectivity index is 1.53. The van der Waals surface area contributed by atoms with E-state index < -0.39 is 51.8 Å². The summed E-state index contributed by atoms with van der Waals surface area (Å²) in [5.74, 6) is -2.01. The van der Waals surface area contributed by atoms with Crippen molar-refractivity contribution in [1.29, 1.82) is 0 Å². The fraction of sp³-hybridized carbons (Fsp3) is 0.194. The average Bonchev–Trinajstić information content (AvgIpc) is 3.05. The molecule has 4 aromatic rings. The van der Waals surface area contributed by atoms with Crippen molar-refractivity contribution in [1.82, 2.24) is 15.3 Å². The second-order valence-electron chi connectivity index (χ2n) is 10.1. The number of carbonyl (C=O) groups is 3. The van der Waals surface area contributed by atoms with Crippen molar-refractivity contribution in [2.45, 2.75) is 24.9 Å². The van der Waals surface area contributed by atoms with E-state index in [1.807, 2.05) is 5.32 Å². The van der Waals surface area contributed by atoms with Gasteiger partial charge in [-0.1, -0.05) is 6.07 Å². The Morgan fingerprint density at radius 1 is 0.920 bits per heavy atom. The summed E-state index contributed by atoms with van der Waals surface area (Å²) in [6.07, 6.45) is -4.34. The second-order valence-corrected chi connectivity index (χ2v) is 11.3. The molecule has 1 atom stereocenters. The Morgan fingerprint density at radius 2 is 1.64 bits per heavy atom. The van der Waals surface area contributed by atoms with E-state index in [2.05, 4.69) is 40.3 Å². The molecule has 19 heteroatoms. The average molecular weight is 721 g/mol. The Bertz CT molecular complexity index is 1970. The van der Waals surface area contributed by atoms with Crippen LogP contribution in [0.5, 0.6) is 0 Å². The van der Waals surface area contributed by atoms with Gasteiger partial charge in [-0.2, -0.15) is 18.2 Å². The first-order valence-electron chi connectivity index (χ1n) is 14.6. The summed E-state index contributed by atoms with van der Waals surface area (Å²) < 4.78 is 88.7. The van der Waals surface area contributed by atoms with Crippen LogP contribution in [-0.2, 0) is 26.3 Å². The van der Waals surface area contributed by atoms with Gasteiger partial charge in [-0.3, -0.25) is 4.79 Å². The summed E-state index contributed by atoms with van der Waals surface area (Å²) in [5, 5.41) is 12.7. The van der Waals surface area contributed by atoms with Crippen LogP contribution in [0.1, 0.15) is 19.4 Å². The van der Waals surface area contributed by atoms with E-state index in [9.17, 15) is 36.2 Å². The van der Waals surface area contributed by atoms with Crippen LogP contribution in [0.15, 0.2) is 76.1 Å². The van der Waals surface area contributed by atoms with Gasteiger partial charge >= 0.3 is 18.3 Å². The van der Waals surface area contributed by atoms with Gasteiger partial charge in [0.1, 0.15) is 17.5 Å². The zero-order valence-electron chi connectivity index (χ0n) is 26.2. The molecule has 0 fully saturated rings. The molecule has 4 amide bonds. The van der Waals surface area contributed by atoms with Gasteiger partial charge in [-0.05, 0) is 67.1 Å². The standard InChI is InChI=1S/C31H29F5N8O5S/c1-3-49-30(47)44-50(48)21-8-6-20(7-9-21)40-28-39-16-22(27(43-28)38-13-12-37-17(2)45)18-4-11-25(24(33)14-18)41-29(46)42-26-15-19(31(34,35)36)5-10-23(26)32/h4-11,14-16,50H,3,12-13H2,1-2H3,(H,37,45)(H2,41,42,46)(H2,38,39,40,43). The fourth-order valence-electron chi connectivity index (χ4n) is 4.15. The summed E-state index contributed by atoms with van der Waals surface area (Å²) in [4.78, 5) is 44.2. The number of nitrogens with one attached hydrogen (secondary N) is 5. The number of carbonyl (C=O) groups excluding carboxylic acids is 3. The maximum atomic E-state index is 15.2. The lowest BCUT2D eigenvalue weighted by Gasteiger charge is -2.15. The first-order valence-corrected chi connectivity index (χ1v) is 15.8. The molecule has 0 spiro atoms. The lowest BCUT2D eigenvalue weighted by molar-refractivity contribution is -0.137. The van der Waals surface area contributed by atoms with Gasteiger partial charge < -0.3 is 31.3 Å². The van der Waals surface area contributed by atoms with Crippen molar-refractivity contribution < 1.29 is 45.3 Å². The van der Waals surface area contributed by atoms with Crippen molar-refractivity contribution in [2.24, 2.45) is 4.36 Å². The topological polar surface area (TPSA) is 176 Å². The van der Waals surface area contributed by atoms with E-state index in [0.717, 1.165) is 6.07 Å². The van der Waals surface area contributed by atoms with Gasteiger partial charge in [0.15, 0.2) is 0 Å². The third kappa shape index (κ3) is 10.3. The van der Waals surface area contributed by atoms with Crippen LogP contribution in [0.3, 0.4) is 0 Å². The molecular weight excluding hydrogens is 691 g/mol. The molecule has 0 aliphatic rings. The molecule has 264 valence electrons. The Hall–Kier alpha value is -5.85. The number of urea groups is 1. The SMILES string of the molecule is CCOC(=O)N=[SH](=O)c1ccc(Nc2ncc(-c3ccc(NC(=O)Nc4cc(C(F)(F)F)ccc4F)c(F)c3)c(NCCNC(C)=O)n2)cc1. The largest absolute Gasteiger partial charge is 0.448 e. The van der Waals surface area contributed by atoms with E-state index in [-0.39, 0.29) is 53.5 Å². The molecule has 0 aliphatic heterocycles. The van der Waals surface area contributed by atoms with Gasteiger partial charge in [0, 0.05) is 42.4 Å². The molecule has 4 rings (SSSR count).